The van der Waals surface area contributed by atoms with Crippen molar-refractivity contribution in [1.29, 1.82) is 0 Å². The zero-order valence-corrected chi connectivity index (χ0v) is 18.4. The highest BCUT2D eigenvalue weighted by Crippen LogP contribution is 2.20. The van der Waals surface area contributed by atoms with E-state index in [1.807, 2.05) is 30.3 Å². The summed E-state index contributed by atoms with van der Waals surface area (Å²) in [5, 5.41) is 5.38. The number of hydrogen-bond donors (Lipinski definition) is 0. The lowest BCUT2D eigenvalue weighted by molar-refractivity contribution is 0.0698. The number of piperazine rings is 1. The normalized spacial score (nSPS) is 15.4. The molecule has 166 valence electrons. The quantitative estimate of drug-likeness (QED) is 0.594. The molecule has 9 heteroatoms. The molecule has 0 saturated carbocycles. The second-order valence-corrected chi connectivity index (χ2v) is 9.28. The number of carbonyl (C=O) groups is 1. The van der Waals surface area contributed by atoms with Crippen molar-refractivity contribution < 1.29 is 17.6 Å². The molecule has 1 aliphatic rings. The van der Waals surface area contributed by atoms with E-state index >= 15 is 0 Å². The number of para-hydroxylation sites is 1. The highest BCUT2D eigenvalue weighted by molar-refractivity contribution is 7.92. The number of nitrogens with zero attached hydrogens (tertiary/aromatic N) is 4. The number of benzene rings is 2. The average molecular weight is 455 g/mol. The summed E-state index contributed by atoms with van der Waals surface area (Å²) in [6.45, 7) is 2.65. The van der Waals surface area contributed by atoms with Crippen molar-refractivity contribution in [1.82, 2.24) is 19.0 Å². The van der Waals surface area contributed by atoms with E-state index in [0.717, 1.165) is 5.56 Å². The van der Waals surface area contributed by atoms with Crippen LogP contribution in [0.5, 0.6) is 0 Å². The van der Waals surface area contributed by atoms with Crippen molar-refractivity contribution in [3.05, 3.63) is 88.8 Å². The van der Waals surface area contributed by atoms with Crippen molar-refractivity contribution in [2.45, 2.75) is 6.92 Å². The minimum absolute atomic E-state index is 0.202. The average Bonchev–Trinajstić information content (AvgIpc) is 3.19. The Morgan fingerprint density at radius 1 is 1.00 bits per heavy atom. The molecule has 7 nitrogen and oxygen atoms in total. The number of sulfonamides is 1. The Hall–Kier alpha value is -3.30. The molecule has 1 amide bonds. The molecule has 1 saturated heterocycles. The van der Waals surface area contributed by atoms with Crippen LogP contribution < -0.4 is 0 Å². The molecule has 1 fully saturated rings. The van der Waals surface area contributed by atoms with Crippen LogP contribution in [0.4, 0.5) is 4.39 Å². The first-order valence-corrected chi connectivity index (χ1v) is 11.7. The summed E-state index contributed by atoms with van der Waals surface area (Å²) in [6, 6.07) is 15.4. The standard InChI is InChI=1S/C23H23FN4O3S/c1-18-20(17-25-28(18)22-10-6-5-9-21(22)24)23(29)26-12-14-27(15-13-26)32(30,31)16-11-19-7-3-2-4-8-19/h2-11,16-17H,12-15H2,1H3/b16-11+. The molecule has 0 aliphatic carbocycles. The minimum Gasteiger partial charge on any atom is -0.336 e. The van der Waals surface area contributed by atoms with Gasteiger partial charge in [-0.2, -0.15) is 9.40 Å². The number of carbonyl (C=O) groups excluding carboxylic acids is 1. The van der Waals surface area contributed by atoms with Crippen LogP contribution in [0, 0.1) is 12.7 Å². The fraction of sp³-hybridized carbons (Fsp3) is 0.217. The van der Waals surface area contributed by atoms with E-state index in [9.17, 15) is 17.6 Å². The molecule has 0 radical (unpaired) electrons. The van der Waals surface area contributed by atoms with Crippen LogP contribution in [0.1, 0.15) is 21.6 Å². The lowest BCUT2D eigenvalue weighted by atomic mass is 10.2. The van der Waals surface area contributed by atoms with Gasteiger partial charge in [-0.05, 0) is 30.7 Å². The molecule has 4 rings (SSSR count). The summed E-state index contributed by atoms with van der Waals surface area (Å²) in [5.74, 6) is -0.679. The largest absolute Gasteiger partial charge is 0.336 e. The van der Waals surface area contributed by atoms with Crippen LogP contribution in [0.25, 0.3) is 11.8 Å². The minimum atomic E-state index is -3.58. The second-order valence-electron chi connectivity index (χ2n) is 7.46. The summed E-state index contributed by atoms with van der Waals surface area (Å²) in [7, 11) is -3.58. The molecular weight excluding hydrogens is 431 g/mol. The van der Waals surface area contributed by atoms with Gasteiger partial charge in [0, 0.05) is 31.6 Å². The van der Waals surface area contributed by atoms with Crippen LogP contribution >= 0.6 is 0 Å². The maximum atomic E-state index is 14.1. The molecule has 0 bridgehead atoms. The monoisotopic (exact) mass is 454 g/mol. The Morgan fingerprint density at radius 3 is 2.34 bits per heavy atom. The molecule has 0 spiro atoms. The lowest BCUT2D eigenvalue weighted by Gasteiger charge is -2.33. The predicted octanol–water partition coefficient (Wildman–Crippen LogP) is 3.08. The van der Waals surface area contributed by atoms with Crippen LogP contribution in [-0.4, -0.2) is 59.5 Å². The number of rotatable bonds is 5. The summed E-state index contributed by atoms with van der Waals surface area (Å²) >= 11 is 0. The molecule has 3 aromatic rings. The van der Waals surface area contributed by atoms with Gasteiger partial charge in [-0.15, -0.1) is 0 Å². The van der Waals surface area contributed by atoms with Crippen LogP contribution in [0.3, 0.4) is 0 Å². The van der Waals surface area contributed by atoms with Gasteiger partial charge in [0.25, 0.3) is 5.91 Å². The van der Waals surface area contributed by atoms with E-state index in [-0.39, 0.29) is 37.8 Å². The summed E-state index contributed by atoms with van der Waals surface area (Å²) < 4.78 is 42.2. The van der Waals surface area contributed by atoms with Crippen molar-refractivity contribution in [2.24, 2.45) is 0 Å². The number of halogens is 1. The first-order valence-electron chi connectivity index (χ1n) is 10.2. The Kier molecular flexibility index (Phi) is 6.20. The number of amides is 1. The van der Waals surface area contributed by atoms with Crippen molar-refractivity contribution >= 4 is 22.0 Å². The van der Waals surface area contributed by atoms with E-state index in [0.29, 0.717) is 11.3 Å². The Morgan fingerprint density at radius 2 is 1.66 bits per heavy atom. The Labute approximate surface area is 186 Å². The summed E-state index contributed by atoms with van der Waals surface area (Å²) in [5.41, 5.74) is 1.96. The Balaban J connectivity index is 1.43. The topological polar surface area (TPSA) is 75.5 Å². The highest BCUT2D eigenvalue weighted by atomic mass is 32.2. The van der Waals surface area contributed by atoms with Crippen LogP contribution in [0.2, 0.25) is 0 Å². The first kappa shape index (κ1) is 21.9. The summed E-state index contributed by atoms with van der Waals surface area (Å²) in [6.07, 6.45) is 2.99. The molecule has 1 aromatic heterocycles. The third-order valence-electron chi connectivity index (χ3n) is 5.44. The molecule has 2 heterocycles. The fourth-order valence-corrected chi connectivity index (χ4v) is 4.79. The predicted molar refractivity (Wildman–Crippen MR) is 120 cm³/mol. The van der Waals surface area contributed by atoms with Gasteiger partial charge in [0.15, 0.2) is 0 Å². The van der Waals surface area contributed by atoms with Crippen molar-refractivity contribution in [2.75, 3.05) is 26.2 Å². The highest BCUT2D eigenvalue weighted by Gasteiger charge is 2.29. The maximum Gasteiger partial charge on any atom is 0.257 e. The van der Waals surface area contributed by atoms with E-state index in [1.54, 1.807) is 36.1 Å². The van der Waals surface area contributed by atoms with Gasteiger partial charge >= 0.3 is 0 Å². The lowest BCUT2D eigenvalue weighted by Crippen LogP contribution is -2.50. The second kappa shape index (κ2) is 9.05. The fourth-order valence-electron chi connectivity index (χ4n) is 3.62. The Bertz CT molecular complexity index is 1250. The number of hydrogen-bond acceptors (Lipinski definition) is 4. The SMILES string of the molecule is Cc1c(C(=O)N2CCN(S(=O)(=O)/C=C/c3ccccc3)CC2)cnn1-c1ccccc1F. The van der Waals surface area contributed by atoms with Gasteiger partial charge in [0.1, 0.15) is 11.5 Å². The molecule has 0 N–H and O–H groups in total. The smallest absolute Gasteiger partial charge is 0.257 e. The van der Waals surface area contributed by atoms with Gasteiger partial charge in [-0.3, -0.25) is 4.79 Å². The van der Waals surface area contributed by atoms with Gasteiger partial charge in [-0.1, -0.05) is 42.5 Å². The first-order chi connectivity index (χ1) is 15.4. The van der Waals surface area contributed by atoms with Crippen molar-refractivity contribution in [3.63, 3.8) is 0 Å². The third-order valence-corrected chi connectivity index (χ3v) is 7.00. The zero-order valence-electron chi connectivity index (χ0n) is 17.6. The van der Waals surface area contributed by atoms with Gasteiger partial charge in [0.05, 0.1) is 17.5 Å². The van der Waals surface area contributed by atoms with Gasteiger partial charge in [0.2, 0.25) is 10.0 Å². The van der Waals surface area contributed by atoms with E-state index in [1.165, 1.54) is 26.7 Å². The molecule has 1 aliphatic heterocycles. The van der Waals surface area contributed by atoms with E-state index in [2.05, 4.69) is 5.10 Å². The zero-order chi connectivity index (χ0) is 22.7. The van der Waals surface area contributed by atoms with E-state index in [4.69, 9.17) is 0 Å². The maximum absolute atomic E-state index is 14.1. The van der Waals surface area contributed by atoms with Gasteiger partial charge in [-0.25, -0.2) is 17.5 Å². The molecule has 0 unspecified atom stereocenters. The number of aromatic nitrogens is 2. The van der Waals surface area contributed by atoms with Crippen LogP contribution in [0.15, 0.2) is 66.2 Å². The van der Waals surface area contributed by atoms with Gasteiger partial charge < -0.3 is 4.90 Å². The van der Waals surface area contributed by atoms with Crippen LogP contribution in [-0.2, 0) is 10.0 Å². The van der Waals surface area contributed by atoms with E-state index < -0.39 is 15.8 Å². The van der Waals surface area contributed by atoms with Crippen molar-refractivity contribution in [3.8, 4) is 5.69 Å². The third kappa shape index (κ3) is 4.49. The summed E-state index contributed by atoms with van der Waals surface area (Å²) in [4.78, 5) is 14.6. The molecule has 2 aromatic carbocycles. The molecular formula is C23H23FN4O3S. The molecule has 0 atom stereocenters. The molecule has 32 heavy (non-hydrogen) atoms.